The zero-order valence-electron chi connectivity index (χ0n) is 27.2. The highest BCUT2D eigenvalue weighted by atomic mass is 32.2. The number of aromatic nitrogens is 6. The fourth-order valence-corrected chi connectivity index (χ4v) is 6.25. The normalized spacial score (nSPS) is 16.2. The van der Waals surface area contributed by atoms with Crippen LogP contribution in [-0.4, -0.2) is 114 Å². The number of nitrogens with zero attached hydrogens (tertiary/aromatic N) is 8. The molecule has 4 heterocycles. The van der Waals surface area contributed by atoms with E-state index >= 15 is 0 Å². The van der Waals surface area contributed by atoms with Crippen molar-refractivity contribution >= 4 is 81.4 Å². The number of anilines is 8. The van der Waals surface area contributed by atoms with Crippen LogP contribution in [0.15, 0.2) is 46.2 Å². The van der Waals surface area contributed by atoms with Gasteiger partial charge in [0.2, 0.25) is 35.7 Å². The monoisotopic (exact) mass is 724 g/mol. The predicted molar refractivity (Wildman–Crippen MR) is 191 cm³/mol. The highest BCUT2D eigenvalue weighted by Gasteiger charge is 2.19. The highest BCUT2D eigenvalue weighted by Crippen LogP contribution is 2.27. The Hall–Kier alpha value is -4.86. The van der Waals surface area contributed by atoms with Gasteiger partial charge in [0.1, 0.15) is 0 Å². The Kier molecular flexibility index (Phi) is 11.4. The average Bonchev–Trinajstić information content (AvgIpc) is 3.14. The van der Waals surface area contributed by atoms with E-state index in [2.05, 4.69) is 51.2 Å². The molecule has 2 atom stereocenters. The summed E-state index contributed by atoms with van der Waals surface area (Å²) in [6, 6.07) is 9.77. The van der Waals surface area contributed by atoms with E-state index in [-0.39, 0.29) is 21.7 Å². The molecule has 0 bridgehead atoms. The lowest BCUT2D eigenvalue weighted by atomic mass is 10.1. The summed E-state index contributed by atoms with van der Waals surface area (Å²) in [5, 5.41) is 12.1. The summed E-state index contributed by atoms with van der Waals surface area (Å²) < 4.78 is 56.0. The standard InChI is InChI=1S/C30H36N12O6S2/c1-31-25-35-27(39-29(37-25)41-9-13-47-14-10-41)33-21-7-5-19(23(17-21)49(43)44)3-4-20-6-8-22(18-24(20)50(45)46)34-28-36-26(32-2)38-30(40-28)42-11-15-48-16-12-42/h3-8,17-18H,9-16H2,1-2H3,(H,43,44)(H,45,46)(H2,31,33,35,37,39)(H2,32,34,36,38,40). The molecule has 2 aromatic heterocycles. The first-order chi connectivity index (χ1) is 24.3. The molecule has 6 N–H and O–H groups in total. The molecule has 2 aromatic carbocycles. The molecule has 2 saturated heterocycles. The van der Waals surface area contributed by atoms with Crippen molar-refractivity contribution in [2.24, 2.45) is 0 Å². The van der Waals surface area contributed by atoms with E-state index in [0.717, 1.165) is 0 Å². The summed E-state index contributed by atoms with van der Waals surface area (Å²) in [6.45, 7) is 4.81. The summed E-state index contributed by atoms with van der Waals surface area (Å²) in [7, 11) is 3.41. The van der Waals surface area contributed by atoms with Gasteiger partial charge in [-0.2, -0.15) is 29.9 Å². The van der Waals surface area contributed by atoms with Crippen LogP contribution in [0.2, 0.25) is 0 Å². The molecule has 2 aliphatic rings. The number of benzene rings is 2. The smallest absolute Gasteiger partial charge is 0.233 e. The number of hydrogen-bond donors (Lipinski definition) is 6. The SMILES string of the molecule is CNc1nc(Nc2ccc(C=Cc3ccc(Nc4nc(NC)nc(N5CCOCC5)n4)cc3S(=O)O)c(S(=O)O)c2)nc(N2CCOCC2)n1. The Bertz CT molecular complexity index is 1770. The maximum atomic E-state index is 12.4. The molecule has 20 heteroatoms. The predicted octanol–water partition coefficient (Wildman–Crippen LogP) is 2.63. The van der Waals surface area contributed by atoms with Gasteiger partial charge >= 0.3 is 0 Å². The summed E-state index contributed by atoms with van der Waals surface area (Å²) in [5.41, 5.74) is 1.80. The summed E-state index contributed by atoms with van der Waals surface area (Å²) in [6.07, 6.45) is 3.20. The van der Waals surface area contributed by atoms with E-state index in [0.29, 0.717) is 98.9 Å². The van der Waals surface area contributed by atoms with Gasteiger partial charge in [-0.25, -0.2) is 8.42 Å². The van der Waals surface area contributed by atoms with E-state index in [9.17, 15) is 17.5 Å². The van der Waals surface area contributed by atoms with Crippen LogP contribution in [0.4, 0.5) is 47.1 Å². The first-order valence-corrected chi connectivity index (χ1v) is 17.8. The number of nitrogens with one attached hydrogen (secondary N) is 4. The Morgan fingerprint density at radius 3 is 1.36 bits per heavy atom. The fourth-order valence-electron chi connectivity index (χ4n) is 5.11. The van der Waals surface area contributed by atoms with Crippen LogP contribution in [0, 0.1) is 0 Å². The minimum atomic E-state index is -2.36. The summed E-state index contributed by atoms with van der Waals surface area (Å²) >= 11 is -4.72. The fraction of sp³-hybridized carbons (Fsp3) is 0.333. The molecule has 264 valence electrons. The second-order valence-corrected chi connectivity index (χ2v) is 12.7. The Morgan fingerprint density at radius 2 is 1.00 bits per heavy atom. The average molecular weight is 725 g/mol. The molecular weight excluding hydrogens is 689 g/mol. The Labute approximate surface area is 292 Å². The van der Waals surface area contributed by atoms with Gasteiger partial charge in [-0.1, -0.05) is 24.3 Å². The van der Waals surface area contributed by atoms with Crippen LogP contribution in [0.3, 0.4) is 0 Å². The van der Waals surface area contributed by atoms with Crippen molar-refractivity contribution in [3.8, 4) is 0 Å². The number of hydrogen-bond acceptors (Lipinski definition) is 16. The lowest BCUT2D eigenvalue weighted by molar-refractivity contribution is 0.122. The van der Waals surface area contributed by atoms with Gasteiger partial charge in [0.05, 0.1) is 36.2 Å². The molecule has 0 spiro atoms. The molecule has 2 unspecified atom stereocenters. The second kappa shape index (κ2) is 16.2. The molecule has 0 aliphatic carbocycles. The number of morpholine rings is 2. The van der Waals surface area contributed by atoms with Crippen molar-refractivity contribution in [1.82, 2.24) is 29.9 Å². The molecule has 4 aromatic rings. The maximum Gasteiger partial charge on any atom is 0.233 e. The molecule has 2 fully saturated rings. The van der Waals surface area contributed by atoms with Crippen LogP contribution in [0.1, 0.15) is 11.1 Å². The quantitative estimate of drug-likeness (QED) is 0.0912. The number of rotatable bonds is 12. The highest BCUT2D eigenvalue weighted by molar-refractivity contribution is 7.79. The van der Waals surface area contributed by atoms with Crippen LogP contribution in [-0.2, 0) is 31.6 Å². The van der Waals surface area contributed by atoms with Crippen molar-refractivity contribution in [3.05, 3.63) is 47.5 Å². The summed E-state index contributed by atoms with van der Waals surface area (Å²) in [4.78, 5) is 30.9. The third-order valence-corrected chi connectivity index (χ3v) is 9.10. The van der Waals surface area contributed by atoms with Crippen molar-refractivity contribution < 1.29 is 27.0 Å². The Balaban J connectivity index is 1.22. The van der Waals surface area contributed by atoms with Gasteiger partial charge < -0.3 is 49.6 Å². The van der Waals surface area contributed by atoms with Crippen molar-refractivity contribution in [1.29, 1.82) is 0 Å². The molecule has 2 aliphatic heterocycles. The zero-order valence-corrected chi connectivity index (χ0v) is 28.8. The molecular formula is C30H36N12O6S2. The lowest BCUT2D eigenvalue weighted by Gasteiger charge is -2.27. The zero-order chi connectivity index (χ0) is 35.0. The van der Waals surface area contributed by atoms with E-state index in [1.165, 1.54) is 12.1 Å². The van der Waals surface area contributed by atoms with Crippen LogP contribution >= 0.6 is 0 Å². The van der Waals surface area contributed by atoms with Crippen molar-refractivity contribution in [2.75, 3.05) is 97.8 Å². The number of ether oxygens (including phenoxy) is 2. The van der Waals surface area contributed by atoms with E-state index < -0.39 is 22.2 Å². The van der Waals surface area contributed by atoms with Gasteiger partial charge in [-0.05, 0) is 35.4 Å². The first kappa shape index (κ1) is 35.0. The maximum absolute atomic E-state index is 12.4. The second-order valence-electron chi connectivity index (χ2n) is 10.9. The first-order valence-electron chi connectivity index (χ1n) is 15.5. The van der Waals surface area contributed by atoms with Gasteiger partial charge in [0.25, 0.3) is 0 Å². The van der Waals surface area contributed by atoms with Crippen molar-refractivity contribution in [2.45, 2.75) is 9.79 Å². The van der Waals surface area contributed by atoms with Gasteiger partial charge in [0, 0.05) is 51.6 Å². The van der Waals surface area contributed by atoms with Crippen LogP contribution in [0.5, 0.6) is 0 Å². The molecule has 0 radical (unpaired) electrons. The largest absolute Gasteiger partial charge is 0.378 e. The van der Waals surface area contributed by atoms with E-state index in [4.69, 9.17) is 9.47 Å². The van der Waals surface area contributed by atoms with E-state index in [1.807, 2.05) is 9.80 Å². The minimum absolute atomic E-state index is 0.110. The van der Waals surface area contributed by atoms with Crippen LogP contribution < -0.4 is 31.1 Å². The van der Waals surface area contributed by atoms with Gasteiger partial charge in [0.15, 0.2) is 22.2 Å². The molecule has 50 heavy (non-hydrogen) atoms. The topological polar surface area (TPSA) is 225 Å². The molecule has 18 nitrogen and oxygen atoms in total. The van der Waals surface area contributed by atoms with Gasteiger partial charge in [-0.3, -0.25) is 0 Å². The molecule has 6 rings (SSSR count). The van der Waals surface area contributed by atoms with Crippen molar-refractivity contribution in [3.63, 3.8) is 0 Å². The van der Waals surface area contributed by atoms with E-state index in [1.54, 1.807) is 50.5 Å². The lowest BCUT2D eigenvalue weighted by Crippen LogP contribution is -2.37. The third kappa shape index (κ3) is 8.64. The Morgan fingerprint density at radius 1 is 0.620 bits per heavy atom. The molecule has 0 saturated carbocycles. The molecule has 0 amide bonds. The van der Waals surface area contributed by atoms with Crippen LogP contribution in [0.25, 0.3) is 12.2 Å². The minimum Gasteiger partial charge on any atom is -0.378 e. The van der Waals surface area contributed by atoms with Gasteiger partial charge in [-0.15, -0.1) is 0 Å². The summed E-state index contributed by atoms with van der Waals surface area (Å²) in [5.74, 6) is 2.19. The third-order valence-electron chi connectivity index (χ3n) is 7.64.